The first-order valence-electron chi connectivity index (χ1n) is 5.90. The third-order valence-electron chi connectivity index (χ3n) is 2.47. The van der Waals surface area contributed by atoms with Gasteiger partial charge in [0.05, 0.1) is 6.61 Å². The SMILES string of the molecule is CCOCCN(C)C(C)CNC(C)(C)C. The van der Waals surface area contributed by atoms with Gasteiger partial charge >= 0.3 is 0 Å². The molecule has 0 saturated heterocycles. The predicted octanol–water partition coefficient (Wildman–Crippen LogP) is 1.73. The molecule has 0 rings (SSSR count). The molecule has 0 bridgehead atoms. The van der Waals surface area contributed by atoms with Crippen molar-refractivity contribution < 1.29 is 4.74 Å². The van der Waals surface area contributed by atoms with Crippen LogP contribution in [0.25, 0.3) is 0 Å². The average Bonchev–Trinajstić information content (AvgIpc) is 2.13. The van der Waals surface area contributed by atoms with Crippen LogP contribution < -0.4 is 5.32 Å². The van der Waals surface area contributed by atoms with Crippen molar-refractivity contribution >= 4 is 0 Å². The molecule has 0 aromatic carbocycles. The van der Waals surface area contributed by atoms with Gasteiger partial charge in [-0.25, -0.2) is 0 Å². The lowest BCUT2D eigenvalue weighted by Gasteiger charge is -2.29. The molecule has 92 valence electrons. The fraction of sp³-hybridized carbons (Fsp3) is 1.00. The minimum Gasteiger partial charge on any atom is -0.380 e. The molecule has 1 atom stereocenters. The van der Waals surface area contributed by atoms with Crippen LogP contribution in [-0.2, 0) is 4.74 Å². The second-order valence-electron chi connectivity index (χ2n) is 5.16. The van der Waals surface area contributed by atoms with Crippen molar-refractivity contribution in [3.63, 3.8) is 0 Å². The van der Waals surface area contributed by atoms with E-state index in [2.05, 4.69) is 45.0 Å². The number of nitrogens with zero attached hydrogens (tertiary/aromatic N) is 1. The number of rotatable bonds is 7. The molecule has 1 N–H and O–H groups in total. The maximum absolute atomic E-state index is 5.34. The van der Waals surface area contributed by atoms with E-state index in [-0.39, 0.29) is 5.54 Å². The Kier molecular flexibility index (Phi) is 7.14. The molecule has 0 aliphatic rings. The Balaban J connectivity index is 3.64. The summed E-state index contributed by atoms with van der Waals surface area (Å²) in [6.45, 7) is 14.5. The van der Waals surface area contributed by atoms with Gasteiger partial charge in [-0.05, 0) is 41.7 Å². The predicted molar refractivity (Wildman–Crippen MR) is 66.3 cm³/mol. The second-order valence-corrected chi connectivity index (χ2v) is 5.16. The third kappa shape index (κ3) is 8.85. The van der Waals surface area contributed by atoms with Gasteiger partial charge in [0.2, 0.25) is 0 Å². The maximum atomic E-state index is 5.34. The molecule has 0 amide bonds. The van der Waals surface area contributed by atoms with Crippen molar-refractivity contribution in [1.82, 2.24) is 10.2 Å². The van der Waals surface area contributed by atoms with Crippen LogP contribution in [0.1, 0.15) is 34.6 Å². The molecule has 0 aromatic heterocycles. The maximum Gasteiger partial charge on any atom is 0.0593 e. The molecule has 0 spiro atoms. The van der Waals surface area contributed by atoms with Crippen molar-refractivity contribution in [2.75, 3.05) is 33.4 Å². The van der Waals surface area contributed by atoms with Crippen LogP contribution in [0.2, 0.25) is 0 Å². The molecule has 0 saturated carbocycles. The smallest absolute Gasteiger partial charge is 0.0593 e. The van der Waals surface area contributed by atoms with Crippen molar-refractivity contribution in [3.8, 4) is 0 Å². The monoisotopic (exact) mass is 216 g/mol. The van der Waals surface area contributed by atoms with Crippen LogP contribution in [-0.4, -0.2) is 49.8 Å². The summed E-state index contributed by atoms with van der Waals surface area (Å²) in [5.41, 5.74) is 0.203. The van der Waals surface area contributed by atoms with Crippen molar-refractivity contribution in [1.29, 1.82) is 0 Å². The summed E-state index contributed by atoms with van der Waals surface area (Å²) in [7, 11) is 2.15. The van der Waals surface area contributed by atoms with E-state index in [1.54, 1.807) is 0 Å². The Morgan fingerprint density at radius 1 is 1.33 bits per heavy atom. The Morgan fingerprint density at radius 2 is 1.93 bits per heavy atom. The zero-order chi connectivity index (χ0) is 11.9. The van der Waals surface area contributed by atoms with Gasteiger partial charge in [-0.3, -0.25) is 0 Å². The molecular formula is C12H28N2O. The molecule has 1 unspecified atom stereocenters. The van der Waals surface area contributed by atoms with Crippen LogP contribution in [0.5, 0.6) is 0 Å². The van der Waals surface area contributed by atoms with E-state index in [0.29, 0.717) is 6.04 Å². The third-order valence-corrected chi connectivity index (χ3v) is 2.47. The van der Waals surface area contributed by atoms with E-state index in [4.69, 9.17) is 4.74 Å². The summed E-state index contributed by atoms with van der Waals surface area (Å²) in [4.78, 5) is 2.33. The van der Waals surface area contributed by atoms with Gasteiger partial charge < -0.3 is 15.0 Å². The van der Waals surface area contributed by atoms with Crippen LogP contribution in [0.4, 0.5) is 0 Å². The van der Waals surface area contributed by atoms with E-state index >= 15 is 0 Å². The van der Waals surface area contributed by atoms with E-state index in [1.165, 1.54) is 0 Å². The summed E-state index contributed by atoms with van der Waals surface area (Å²) in [5, 5.41) is 3.51. The first-order valence-corrected chi connectivity index (χ1v) is 5.90. The number of ether oxygens (including phenoxy) is 1. The van der Waals surface area contributed by atoms with Gasteiger partial charge in [-0.2, -0.15) is 0 Å². The van der Waals surface area contributed by atoms with Gasteiger partial charge in [0, 0.05) is 31.3 Å². The normalized spacial score (nSPS) is 14.6. The lowest BCUT2D eigenvalue weighted by Crippen LogP contribution is -2.45. The van der Waals surface area contributed by atoms with E-state index in [0.717, 1.165) is 26.3 Å². The summed E-state index contributed by atoms with van der Waals surface area (Å²) in [5.74, 6) is 0. The highest BCUT2D eigenvalue weighted by Crippen LogP contribution is 2.01. The Labute approximate surface area is 95.2 Å². The molecule has 3 nitrogen and oxygen atoms in total. The minimum atomic E-state index is 0.203. The van der Waals surface area contributed by atoms with Crippen molar-refractivity contribution in [3.05, 3.63) is 0 Å². The van der Waals surface area contributed by atoms with Gasteiger partial charge in [0.1, 0.15) is 0 Å². The minimum absolute atomic E-state index is 0.203. The summed E-state index contributed by atoms with van der Waals surface area (Å²) in [6, 6.07) is 0.546. The largest absolute Gasteiger partial charge is 0.380 e. The highest BCUT2D eigenvalue weighted by atomic mass is 16.5. The molecular weight excluding hydrogens is 188 g/mol. The standard InChI is InChI=1S/C12H28N2O/c1-7-15-9-8-14(6)11(2)10-13-12(3,4)5/h11,13H,7-10H2,1-6H3. The molecule has 0 aliphatic heterocycles. The molecule has 3 heteroatoms. The Bertz CT molecular complexity index is 154. The number of hydrogen-bond acceptors (Lipinski definition) is 3. The van der Waals surface area contributed by atoms with E-state index in [1.807, 2.05) is 6.92 Å². The van der Waals surface area contributed by atoms with Crippen LogP contribution in [0.3, 0.4) is 0 Å². The van der Waals surface area contributed by atoms with Gasteiger partial charge in [-0.15, -0.1) is 0 Å². The highest BCUT2D eigenvalue weighted by molar-refractivity contribution is 4.75. The highest BCUT2D eigenvalue weighted by Gasteiger charge is 2.13. The molecule has 0 radical (unpaired) electrons. The van der Waals surface area contributed by atoms with Gasteiger partial charge in [0.25, 0.3) is 0 Å². The topological polar surface area (TPSA) is 24.5 Å². The molecule has 15 heavy (non-hydrogen) atoms. The van der Waals surface area contributed by atoms with Crippen molar-refractivity contribution in [2.24, 2.45) is 0 Å². The second kappa shape index (κ2) is 7.20. The Hall–Kier alpha value is -0.120. The van der Waals surface area contributed by atoms with Crippen molar-refractivity contribution in [2.45, 2.75) is 46.2 Å². The fourth-order valence-electron chi connectivity index (χ4n) is 1.18. The van der Waals surface area contributed by atoms with E-state index in [9.17, 15) is 0 Å². The quantitative estimate of drug-likeness (QED) is 0.656. The zero-order valence-electron chi connectivity index (χ0n) is 11.3. The average molecular weight is 216 g/mol. The van der Waals surface area contributed by atoms with Gasteiger partial charge in [-0.1, -0.05) is 0 Å². The molecule has 0 aromatic rings. The van der Waals surface area contributed by atoms with Gasteiger partial charge in [0.15, 0.2) is 0 Å². The van der Waals surface area contributed by atoms with Crippen LogP contribution in [0.15, 0.2) is 0 Å². The Morgan fingerprint density at radius 3 is 2.40 bits per heavy atom. The summed E-state index contributed by atoms with van der Waals surface area (Å²) >= 11 is 0. The molecule has 0 heterocycles. The summed E-state index contributed by atoms with van der Waals surface area (Å²) < 4.78 is 5.34. The molecule has 0 fully saturated rings. The van der Waals surface area contributed by atoms with E-state index < -0.39 is 0 Å². The molecule has 0 aliphatic carbocycles. The van der Waals surface area contributed by atoms with Crippen LogP contribution in [0, 0.1) is 0 Å². The first kappa shape index (κ1) is 14.9. The summed E-state index contributed by atoms with van der Waals surface area (Å²) in [6.07, 6.45) is 0. The number of hydrogen-bond donors (Lipinski definition) is 1. The lowest BCUT2D eigenvalue weighted by atomic mass is 10.1. The zero-order valence-corrected chi connectivity index (χ0v) is 11.3. The number of nitrogens with one attached hydrogen (secondary N) is 1. The van der Waals surface area contributed by atoms with Crippen LogP contribution >= 0.6 is 0 Å². The lowest BCUT2D eigenvalue weighted by molar-refractivity contribution is 0.108. The fourth-order valence-corrected chi connectivity index (χ4v) is 1.18. The number of likely N-dealkylation sites (N-methyl/N-ethyl adjacent to an activating group) is 1. The first-order chi connectivity index (χ1) is 6.87.